The van der Waals surface area contributed by atoms with E-state index in [1.165, 1.54) is 13.2 Å². The van der Waals surface area contributed by atoms with Crippen molar-refractivity contribution in [2.75, 3.05) is 7.11 Å². The predicted molar refractivity (Wildman–Crippen MR) is 47.2 cm³/mol. The molecule has 1 nitrogen and oxygen atoms in total. The van der Waals surface area contributed by atoms with Gasteiger partial charge in [0.15, 0.2) is 5.83 Å². The van der Waals surface area contributed by atoms with Crippen LogP contribution < -0.4 is 0 Å². The molecule has 0 aromatic heterocycles. The summed E-state index contributed by atoms with van der Waals surface area (Å²) in [6.07, 6.45) is 4.12. The van der Waals surface area contributed by atoms with Crippen molar-refractivity contribution in [3.63, 3.8) is 0 Å². The highest BCUT2D eigenvalue weighted by molar-refractivity contribution is 5.22. The first kappa shape index (κ1) is 9.30. The molecule has 0 N–H and O–H groups in total. The smallest absolute Gasteiger partial charge is 0.160 e. The molecule has 0 saturated carbocycles. The summed E-state index contributed by atoms with van der Waals surface area (Å²) < 4.78 is 17.9. The summed E-state index contributed by atoms with van der Waals surface area (Å²) in [5.41, 5.74) is 0. The van der Waals surface area contributed by atoms with E-state index in [2.05, 4.69) is 13.8 Å². The summed E-state index contributed by atoms with van der Waals surface area (Å²) in [5, 5.41) is 0. The molecule has 0 bridgehead atoms. The number of halogens is 1. The first-order chi connectivity index (χ1) is 5.65. The number of hydrogen-bond acceptors (Lipinski definition) is 1. The predicted octanol–water partition coefficient (Wildman–Crippen LogP) is 3.05. The molecule has 0 heterocycles. The van der Waals surface area contributed by atoms with Gasteiger partial charge in [-0.1, -0.05) is 19.9 Å². The summed E-state index contributed by atoms with van der Waals surface area (Å²) in [4.78, 5) is 0. The van der Waals surface area contributed by atoms with E-state index < -0.39 is 0 Å². The van der Waals surface area contributed by atoms with Gasteiger partial charge in [0.1, 0.15) is 5.76 Å². The van der Waals surface area contributed by atoms with Crippen LogP contribution in [0.15, 0.2) is 23.7 Å². The Kier molecular flexibility index (Phi) is 2.90. The maximum atomic E-state index is 13.0. The minimum absolute atomic E-state index is 0.227. The van der Waals surface area contributed by atoms with E-state index >= 15 is 0 Å². The number of methoxy groups -OCH3 is 1. The van der Waals surface area contributed by atoms with Crippen molar-refractivity contribution in [1.29, 1.82) is 0 Å². The number of rotatable bonds is 2. The van der Waals surface area contributed by atoms with Crippen molar-refractivity contribution in [3.8, 4) is 0 Å². The fourth-order valence-electron chi connectivity index (χ4n) is 1.32. The maximum absolute atomic E-state index is 13.0. The molecule has 0 aromatic rings. The van der Waals surface area contributed by atoms with E-state index in [1.807, 2.05) is 6.08 Å². The topological polar surface area (TPSA) is 9.23 Å². The molecule has 0 spiro atoms. The highest BCUT2D eigenvalue weighted by atomic mass is 19.1. The standard InChI is InChI=1S/C10H15FO/c1-7(2)8-4-5-9(11)10(6-8)12-3/h4-5,7-8H,6H2,1-3H3. The maximum Gasteiger partial charge on any atom is 0.160 e. The third kappa shape index (κ3) is 1.87. The van der Waals surface area contributed by atoms with Crippen LogP contribution in [-0.2, 0) is 4.74 Å². The largest absolute Gasteiger partial charge is 0.498 e. The fourth-order valence-corrected chi connectivity index (χ4v) is 1.32. The van der Waals surface area contributed by atoms with Crippen molar-refractivity contribution >= 4 is 0 Å². The first-order valence-electron chi connectivity index (χ1n) is 4.26. The van der Waals surface area contributed by atoms with Crippen LogP contribution in [0.5, 0.6) is 0 Å². The number of hydrogen-bond donors (Lipinski definition) is 0. The minimum Gasteiger partial charge on any atom is -0.498 e. The van der Waals surface area contributed by atoms with Gasteiger partial charge in [0, 0.05) is 6.42 Å². The first-order valence-corrected chi connectivity index (χ1v) is 4.26. The third-order valence-electron chi connectivity index (χ3n) is 2.28. The van der Waals surface area contributed by atoms with E-state index in [0.717, 1.165) is 0 Å². The van der Waals surface area contributed by atoms with Gasteiger partial charge in [-0.2, -0.15) is 0 Å². The lowest BCUT2D eigenvalue weighted by Crippen LogP contribution is -2.11. The Morgan fingerprint density at radius 2 is 2.25 bits per heavy atom. The van der Waals surface area contributed by atoms with E-state index in [0.29, 0.717) is 24.0 Å². The number of allylic oxidation sites excluding steroid dienone is 4. The molecule has 1 aliphatic rings. The summed E-state index contributed by atoms with van der Waals surface area (Å²) in [6.45, 7) is 4.26. The van der Waals surface area contributed by atoms with E-state index in [4.69, 9.17) is 4.74 Å². The van der Waals surface area contributed by atoms with Gasteiger partial charge in [-0.05, 0) is 17.9 Å². The zero-order valence-corrected chi connectivity index (χ0v) is 7.80. The lowest BCUT2D eigenvalue weighted by molar-refractivity contribution is 0.239. The molecule has 0 saturated heterocycles. The second-order valence-corrected chi connectivity index (χ2v) is 3.45. The lowest BCUT2D eigenvalue weighted by atomic mass is 9.88. The van der Waals surface area contributed by atoms with Gasteiger partial charge < -0.3 is 4.74 Å². The Morgan fingerprint density at radius 1 is 1.58 bits per heavy atom. The Labute approximate surface area is 72.9 Å². The molecule has 2 heteroatoms. The normalized spacial score (nSPS) is 23.6. The second-order valence-electron chi connectivity index (χ2n) is 3.45. The van der Waals surface area contributed by atoms with Gasteiger partial charge in [-0.3, -0.25) is 0 Å². The molecule has 68 valence electrons. The molecule has 12 heavy (non-hydrogen) atoms. The Hall–Kier alpha value is -0.790. The Morgan fingerprint density at radius 3 is 2.75 bits per heavy atom. The molecular weight excluding hydrogens is 155 g/mol. The molecule has 0 aromatic carbocycles. The molecule has 0 amide bonds. The zero-order valence-electron chi connectivity index (χ0n) is 7.80. The molecule has 1 atom stereocenters. The van der Waals surface area contributed by atoms with Crippen LogP contribution >= 0.6 is 0 Å². The molecular formula is C10H15FO. The highest BCUT2D eigenvalue weighted by Gasteiger charge is 2.19. The fraction of sp³-hybridized carbons (Fsp3) is 0.600. The quantitative estimate of drug-likeness (QED) is 0.619. The summed E-state index contributed by atoms with van der Waals surface area (Å²) in [7, 11) is 1.52. The monoisotopic (exact) mass is 170 g/mol. The van der Waals surface area contributed by atoms with Crippen molar-refractivity contribution in [1.82, 2.24) is 0 Å². The van der Waals surface area contributed by atoms with Crippen molar-refractivity contribution < 1.29 is 9.13 Å². The SMILES string of the molecule is COC1=C(F)C=CC(C(C)C)C1. The number of ether oxygens (including phenoxy) is 1. The van der Waals surface area contributed by atoms with Crippen molar-refractivity contribution in [2.45, 2.75) is 20.3 Å². The van der Waals surface area contributed by atoms with Gasteiger partial charge >= 0.3 is 0 Å². The molecule has 1 unspecified atom stereocenters. The van der Waals surface area contributed by atoms with E-state index in [9.17, 15) is 4.39 Å². The average Bonchev–Trinajstić information content (AvgIpc) is 2.05. The van der Waals surface area contributed by atoms with Gasteiger partial charge in [0.25, 0.3) is 0 Å². The van der Waals surface area contributed by atoms with E-state index in [1.54, 1.807) is 0 Å². The molecule has 1 rings (SSSR count). The van der Waals surface area contributed by atoms with Crippen LogP contribution in [0.3, 0.4) is 0 Å². The van der Waals surface area contributed by atoms with Crippen LogP contribution in [0.2, 0.25) is 0 Å². The highest BCUT2D eigenvalue weighted by Crippen LogP contribution is 2.29. The summed E-state index contributed by atoms with van der Waals surface area (Å²) >= 11 is 0. The summed E-state index contributed by atoms with van der Waals surface area (Å²) in [6, 6.07) is 0. The molecule has 1 aliphatic carbocycles. The van der Waals surface area contributed by atoms with Crippen LogP contribution in [-0.4, -0.2) is 7.11 Å². The lowest BCUT2D eigenvalue weighted by Gasteiger charge is -2.21. The van der Waals surface area contributed by atoms with Gasteiger partial charge in [-0.15, -0.1) is 0 Å². The Bertz CT molecular complexity index is 216. The van der Waals surface area contributed by atoms with Crippen LogP contribution in [0.4, 0.5) is 4.39 Å². The third-order valence-corrected chi connectivity index (χ3v) is 2.28. The van der Waals surface area contributed by atoms with Gasteiger partial charge in [0.2, 0.25) is 0 Å². The zero-order chi connectivity index (χ0) is 9.14. The van der Waals surface area contributed by atoms with E-state index in [-0.39, 0.29) is 5.83 Å². The molecule has 0 aliphatic heterocycles. The second kappa shape index (κ2) is 3.74. The average molecular weight is 170 g/mol. The van der Waals surface area contributed by atoms with Crippen LogP contribution in [0.25, 0.3) is 0 Å². The van der Waals surface area contributed by atoms with Gasteiger partial charge in [0.05, 0.1) is 7.11 Å². The minimum atomic E-state index is -0.227. The van der Waals surface area contributed by atoms with Crippen LogP contribution in [0.1, 0.15) is 20.3 Å². The van der Waals surface area contributed by atoms with Crippen molar-refractivity contribution in [3.05, 3.63) is 23.7 Å². The van der Waals surface area contributed by atoms with Crippen LogP contribution in [0, 0.1) is 11.8 Å². The molecule has 0 radical (unpaired) electrons. The molecule has 0 fully saturated rings. The van der Waals surface area contributed by atoms with Crippen molar-refractivity contribution in [2.24, 2.45) is 11.8 Å². The Balaban J connectivity index is 2.70. The summed E-state index contributed by atoms with van der Waals surface area (Å²) in [5.74, 6) is 1.21. The van der Waals surface area contributed by atoms with Gasteiger partial charge in [-0.25, -0.2) is 4.39 Å².